The smallest absolute Gasteiger partial charge is 0.127 e. The largest absolute Gasteiger partial charge is 0.496 e. The second-order valence-electron chi connectivity index (χ2n) is 5.37. The molecule has 1 N–H and O–H groups in total. The van der Waals surface area contributed by atoms with Crippen LogP contribution in [0.5, 0.6) is 11.5 Å². The van der Waals surface area contributed by atoms with Gasteiger partial charge in [-0.25, -0.2) is 0 Å². The number of nitrogens with one attached hydrogen (secondary N) is 1. The highest BCUT2D eigenvalue weighted by molar-refractivity contribution is 5.44. The van der Waals surface area contributed by atoms with E-state index in [1.807, 2.05) is 24.4 Å². The summed E-state index contributed by atoms with van der Waals surface area (Å²) in [6, 6.07) is 8.00. The lowest BCUT2D eigenvalue weighted by Crippen LogP contribution is -2.20. The molecule has 1 aliphatic rings. The molecule has 21 heavy (non-hydrogen) atoms. The lowest BCUT2D eigenvalue weighted by Gasteiger charge is -2.19. The van der Waals surface area contributed by atoms with Gasteiger partial charge in [0.15, 0.2) is 0 Å². The zero-order valence-electron chi connectivity index (χ0n) is 12.5. The molecule has 1 aliphatic heterocycles. The first-order valence-electron chi connectivity index (χ1n) is 7.23. The van der Waals surface area contributed by atoms with Crippen LogP contribution >= 0.6 is 0 Å². The Labute approximate surface area is 124 Å². The quantitative estimate of drug-likeness (QED) is 0.917. The molecule has 112 valence electrons. The summed E-state index contributed by atoms with van der Waals surface area (Å²) < 4.78 is 10.9. The Morgan fingerprint density at radius 1 is 1.24 bits per heavy atom. The van der Waals surface area contributed by atoms with Crippen LogP contribution in [0.15, 0.2) is 30.5 Å². The van der Waals surface area contributed by atoms with E-state index in [1.165, 1.54) is 5.69 Å². The summed E-state index contributed by atoms with van der Waals surface area (Å²) in [6.45, 7) is 2.95. The second kappa shape index (κ2) is 6.18. The number of likely N-dealkylation sites (tertiary alicyclic amines) is 1. The Morgan fingerprint density at radius 2 is 2.00 bits per heavy atom. The van der Waals surface area contributed by atoms with Gasteiger partial charge in [-0.1, -0.05) is 6.07 Å². The lowest BCUT2D eigenvalue weighted by atomic mass is 10.1. The van der Waals surface area contributed by atoms with Crippen LogP contribution in [-0.2, 0) is 6.54 Å². The fraction of sp³-hybridized carbons (Fsp3) is 0.438. The minimum Gasteiger partial charge on any atom is -0.496 e. The monoisotopic (exact) mass is 287 g/mol. The minimum absolute atomic E-state index is 0.535. The Bertz CT molecular complexity index is 561. The SMILES string of the molecule is COc1cccc(OC)c1CN1CC[C@H](c2ccn[nH]2)C1. The average molecular weight is 287 g/mol. The van der Waals surface area contributed by atoms with Gasteiger partial charge in [-0.15, -0.1) is 0 Å². The lowest BCUT2D eigenvalue weighted by molar-refractivity contribution is 0.305. The number of hydrogen-bond donors (Lipinski definition) is 1. The molecule has 0 bridgehead atoms. The molecule has 1 aromatic carbocycles. The highest BCUT2D eigenvalue weighted by atomic mass is 16.5. The summed E-state index contributed by atoms with van der Waals surface area (Å²) in [4.78, 5) is 2.44. The number of aromatic nitrogens is 2. The summed E-state index contributed by atoms with van der Waals surface area (Å²) in [5.41, 5.74) is 2.34. The number of H-pyrrole nitrogens is 1. The van der Waals surface area contributed by atoms with Crippen LogP contribution in [0.3, 0.4) is 0 Å². The molecule has 5 nitrogen and oxygen atoms in total. The Balaban J connectivity index is 1.73. The maximum Gasteiger partial charge on any atom is 0.127 e. The van der Waals surface area contributed by atoms with E-state index in [0.717, 1.165) is 43.1 Å². The van der Waals surface area contributed by atoms with E-state index < -0.39 is 0 Å². The highest BCUT2D eigenvalue weighted by Gasteiger charge is 2.26. The molecule has 0 amide bonds. The maximum atomic E-state index is 5.47. The Hall–Kier alpha value is -2.01. The van der Waals surface area contributed by atoms with Gasteiger partial charge in [0.1, 0.15) is 11.5 Å². The summed E-state index contributed by atoms with van der Waals surface area (Å²) >= 11 is 0. The van der Waals surface area contributed by atoms with Gasteiger partial charge < -0.3 is 9.47 Å². The average Bonchev–Trinajstić information content (AvgIpc) is 3.18. The Kier molecular flexibility index (Phi) is 4.10. The van der Waals surface area contributed by atoms with E-state index in [9.17, 15) is 0 Å². The predicted molar refractivity (Wildman–Crippen MR) is 80.8 cm³/mol. The van der Waals surface area contributed by atoms with Crippen LogP contribution in [0.2, 0.25) is 0 Å². The molecule has 0 saturated carbocycles. The number of nitrogens with zero attached hydrogens (tertiary/aromatic N) is 2. The topological polar surface area (TPSA) is 50.4 Å². The van der Waals surface area contributed by atoms with E-state index in [0.29, 0.717) is 5.92 Å². The molecule has 2 heterocycles. The molecule has 2 aromatic rings. The van der Waals surface area contributed by atoms with Gasteiger partial charge in [-0.3, -0.25) is 10.00 Å². The van der Waals surface area contributed by atoms with Gasteiger partial charge >= 0.3 is 0 Å². The van der Waals surface area contributed by atoms with Crippen molar-refractivity contribution in [3.8, 4) is 11.5 Å². The number of ether oxygens (including phenoxy) is 2. The van der Waals surface area contributed by atoms with E-state index >= 15 is 0 Å². The number of hydrogen-bond acceptors (Lipinski definition) is 4. The number of aromatic amines is 1. The van der Waals surface area contributed by atoms with Crippen molar-refractivity contribution in [1.29, 1.82) is 0 Å². The molecule has 1 atom stereocenters. The fourth-order valence-corrected chi connectivity index (χ4v) is 3.03. The van der Waals surface area contributed by atoms with Gasteiger partial charge in [0, 0.05) is 30.9 Å². The van der Waals surface area contributed by atoms with E-state index in [1.54, 1.807) is 14.2 Å². The van der Waals surface area contributed by atoms with Crippen molar-refractivity contribution in [2.75, 3.05) is 27.3 Å². The number of benzene rings is 1. The summed E-state index contributed by atoms with van der Waals surface area (Å²) in [5.74, 6) is 2.31. The molecular weight excluding hydrogens is 266 g/mol. The summed E-state index contributed by atoms with van der Waals surface area (Å²) in [7, 11) is 3.41. The molecule has 3 rings (SSSR count). The third kappa shape index (κ3) is 2.88. The van der Waals surface area contributed by atoms with Crippen LogP contribution in [-0.4, -0.2) is 42.4 Å². The highest BCUT2D eigenvalue weighted by Crippen LogP contribution is 2.33. The van der Waals surface area contributed by atoms with Crippen LogP contribution in [0.25, 0.3) is 0 Å². The minimum atomic E-state index is 0.535. The van der Waals surface area contributed by atoms with Gasteiger partial charge in [-0.05, 0) is 31.2 Å². The van der Waals surface area contributed by atoms with Gasteiger partial charge in [-0.2, -0.15) is 5.10 Å². The van der Waals surface area contributed by atoms with Crippen molar-refractivity contribution in [2.45, 2.75) is 18.9 Å². The van der Waals surface area contributed by atoms with Crippen LogP contribution in [0.1, 0.15) is 23.6 Å². The molecule has 0 radical (unpaired) electrons. The van der Waals surface area contributed by atoms with Crippen molar-refractivity contribution < 1.29 is 9.47 Å². The molecule has 0 spiro atoms. The van der Waals surface area contributed by atoms with Crippen LogP contribution < -0.4 is 9.47 Å². The van der Waals surface area contributed by atoms with Crippen molar-refractivity contribution >= 4 is 0 Å². The normalized spacial score (nSPS) is 18.9. The third-order valence-corrected chi connectivity index (χ3v) is 4.15. The zero-order chi connectivity index (χ0) is 14.7. The van der Waals surface area contributed by atoms with E-state index in [-0.39, 0.29) is 0 Å². The molecular formula is C16H21N3O2. The first kappa shape index (κ1) is 13.9. The summed E-state index contributed by atoms with van der Waals surface area (Å²) in [5, 5.41) is 7.13. The first-order chi connectivity index (χ1) is 10.3. The number of rotatable bonds is 5. The maximum absolute atomic E-state index is 5.47. The van der Waals surface area contributed by atoms with Crippen LogP contribution in [0.4, 0.5) is 0 Å². The molecule has 1 aromatic heterocycles. The standard InChI is InChI=1S/C16H21N3O2/c1-20-15-4-3-5-16(21-2)13(15)11-19-9-7-12(10-19)14-6-8-17-18-14/h3-6,8,12H,7,9-11H2,1-2H3,(H,17,18)/t12-/m0/s1. The van der Waals surface area contributed by atoms with Gasteiger partial charge in [0.05, 0.1) is 19.8 Å². The summed E-state index contributed by atoms with van der Waals surface area (Å²) in [6.07, 6.45) is 2.97. The molecule has 0 unspecified atom stereocenters. The van der Waals surface area contributed by atoms with Crippen molar-refractivity contribution in [2.24, 2.45) is 0 Å². The predicted octanol–water partition coefficient (Wildman–Crippen LogP) is 2.42. The first-order valence-corrected chi connectivity index (χ1v) is 7.23. The van der Waals surface area contributed by atoms with Gasteiger partial charge in [0.25, 0.3) is 0 Å². The second-order valence-corrected chi connectivity index (χ2v) is 5.37. The molecule has 0 aliphatic carbocycles. The molecule has 5 heteroatoms. The van der Waals surface area contributed by atoms with E-state index in [2.05, 4.69) is 21.2 Å². The van der Waals surface area contributed by atoms with Crippen molar-refractivity contribution in [3.63, 3.8) is 0 Å². The Morgan fingerprint density at radius 3 is 2.62 bits per heavy atom. The molecule has 1 fully saturated rings. The fourth-order valence-electron chi connectivity index (χ4n) is 3.03. The zero-order valence-corrected chi connectivity index (χ0v) is 12.5. The van der Waals surface area contributed by atoms with E-state index in [4.69, 9.17) is 9.47 Å². The molecule has 1 saturated heterocycles. The van der Waals surface area contributed by atoms with Crippen LogP contribution in [0, 0.1) is 0 Å². The van der Waals surface area contributed by atoms with Gasteiger partial charge in [0.2, 0.25) is 0 Å². The van der Waals surface area contributed by atoms with Crippen molar-refractivity contribution in [3.05, 3.63) is 41.7 Å². The third-order valence-electron chi connectivity index (χ3n) is 4.15. The van der Waals surface area contributed by atoms with Crippen molar-refractivity contribution in [1.82, 2.24) is 15.1 Å². The number of methoxy groups -OCH3 is 2.